The molecule has 2 aliphatic rings. The van der Waals surface area contributed by atoms with Gasteiger partial charge >= 0.3 is 0 Å². The molecule has 6 nitrogen and oxygen atoms in total. The molecule has 5 rings (SSSR count). The van der Waals surface area contributed by atoms with Gasteiger partial charge in [0.2, 0.25) is 0 Å². The first kappa shape index (κ1) is 22.1. The maximum absolute atomic E-state index is 12.7. The summed E-state index contributed by atoms with van der Waals surface area (Å²) in [6.45, 7) is 3.26. The van der Waals surface area contributed by atoms with Crippen LogP contribution in [0.25, 0.3) is 16.7 Å². The van der Waals surface area contributed by atoms with Crippen LogP contribution < -0.4 is 10.6 Å². The highest BCUT2D eigenvalue weighted by Crippen LogP contribution is 2.30. The zero-order chi connectivity index (χ0) is 23.5. The zero-order valence-electron chi connectivity index (χ0n) is 18.9. The van der Waals surface area contributed by atoms with Crippen LogP contribution in [0.4, 0.5) is 5.69 Å². The van der Waals surface area contributed by atoms with Crippen molar-refractivity contribution in [2.75, 3.05) is 18.4 Å². The third-order valence-corrected chi connectivity index (χ3v) is 6.44. The largest absolute Gasteiger partial charge is 0.392 e. The summed E-state index contributed by atoms with van der Waals surface area (Å²) in [6, 6.07) is 21.3. The Bertz CT molecular complexity index is 1240. The Labute approximate surface area is 198 Å². The summed E-state index contributed by atoms with van der Waals surface area (Å²) in [4.78, 5) is 27.6. The van der Waals surface area contributed by atoms with Gasteiger partial charge in [-0.05, 0) is 72.5 Å². The number of fused-ring (bicyclic) bond motifs is 1. The van der Waals surface area contributed by atoms with Gasteiger partial charge in [0.25, 0.3) is 11.8 Å². The molecule has 0 atom stereocenters. The van der Waals surface area contributed by atoms with Crippen LogP contribution in [0.3, 0.4) is 0 Å². The highest BCUT2D eigenvalue weighted by molar-refractivity contribution is 6.31. The van der Waals surface area contributed by atoms with Gasteiger partial charge in [-0.2, -0.15) is 0 Å². The van der Waals surface area contributed by atoms with Gasteiger partial charge in [-0.25, -0.2) is 0 Å². The van der Waals surface area contributed by atoms with Crippen LogP contribution >= 0.6 is 0 Å². The molecule has 1 fully saturated rings. The Kier molecular flexibility index (Phi) is 6.25. The van der Waals surface area contributed by atoms with Crippen molar-refractivity contribution in [1.82, 2.24) is 10.2 Å². The molecular weight excluding hydrogens is 426 g/mol. The van der Waals surface area contributed by atoms with E-state index < -0.39 is 11.8 Å². The van der Waals surface area contributed by atoms with E-state index in [1.165, 1.54) is 18.4 Å². The number of nitrogens with zero attached hydrogens (tertiary/aromatic N) is 1. The third kappa shape index (κ3) is 4.64. The fraction of sp³-hybridized carbons (Fsp3) is 0.214. The molecule has 3 aromatic carbocycles. The van der Waals surface area contributed by atoms with Crippen LogP contribution in [-0.4, -0.2) is 34.9 Å². The van der Waals surface area contributed by atoms with E-state index in [2.05, 4.69) is 27.7 Å². The summed E-state index contributed by atoms with van der Waals surface area (Å²) in [7, 11) is 0. The Morgan fingerprint density at radius 1 is 0.824 bits per heavy atom. The van der Waals surface area contributed by atoms with Gasteiger partial charge in [-0.15, -0.1) is 0 Å². The number of hydrogen-bond donors (Lipinski definition) is 3. The SMILES string of the molecule is O=C1NC(=O)c2ccc(-c3ccc(CO)cc3)cc2/C1=C\Nc1ccc(CN2CCCC2)cc1. The van der Waals surface area contributed by atoms with Crippen molar-refractivity contribution >= 4 is 23.1 Å². The first-order chi connectivity index (χ1) is 16.6. The Balaban J connectivity index is 1.39. The number of imide groups is 1. The number of nitrogens with one attached hydrogen (secondary N) is 2. The summed E-state index contributed by atoms with van der Waals surface area (Å²) in [5.74, 6) is -0.825. The lowest BCUT2D eigenvalue weighted by atomic mass is 9.91. The van der Waals surface area contributed by atoms with Gasteiger partial charge in [0.15, 0.2) is 0 Å². The fourth-order valence-electron chi connectivity index (χ4n) is 4.51. The molecule has 0 bridgehead atoms. The minimum absolute atomic E-state index is 0.0169. The summed E-state index contributed by atoms with van der Waals surface area (Å²) in [5.41, 5.74) is 6.27. The van der Waals surface area contributed by atoms with E-state index in [1.807, 2.05) is 48.5 Å². The minimum atomic E-state index is -0.427. The van der Waals surface area contributed by atoms with Crippen LogP contribution in [0.1, 0.15) is 39.9 Å². The molecule has 3 N–H and O–H groups in total. The quantitative estimate of drug-likeness (QED) is 0.386. The highest BCUT2D eigenvalue weighted by Gasteiger charge is 2.27. The molecule has 0 aromatic heterocycles. The van der Waals surface area contributed by atoms with Crippen LogP contribution in [0.5, 0.6) is 0 Å². The standard InChI is InChI=1S/C28H27N3O3/c32-18-20-3-7-21(8-4-20)22-9-12-24-25(15-22)26(28(34)30-27(24)33)16-29-23-10-5-19(6-11-23)17-31-13-1-2-14-31/h3-12,15-16,29,32H,1-2,13-14,17-18H2,(H,30,33,34)/b26-16+. The average molecular weight is 454 g/mol. The zero-order valence-corrected chi connectivity index (χ0v) is 18.9. The molecule has 1 saturated heterocycles. The molecular formula is C28H27N3O3. The smallest absolute Gasteiger partial charge is 0.260 e. The average Bonchev–Trinajstić information content (AvgIpc) is 3.38. The number of amides is 2. The van der Waals surface area contributed by atoms with E-state index in [0.29, 0.717) is 16.7 Å². The van der Waals surface area contributed by atoms with Crippen molar-refractivity contribution in [2.45, 2.75) is 26.0 Å². The minimum Gasteiger partial charge on any atom is -0.392 e. The third-order valence-electron chi connectivity index (χ3n) is 6.44. The van der Waals surface area contributed by atoms with E-state index in [9.17, 15) is 14.7 Å². The summed E-state index contributed by atoms with van der Waals surface area (Å²) in [6.07, 6.45) is 4.21. The van der Waals surface area contributed by atoms with Crippen molar-refractivity contribution in [3.8, 4) is 11.1 Å². The number of aliphatic hydroxyl groups excluding tert-OH is 1. The molecule has 0 saturated carbocycles. The van der Waals surface area contributed by atoms with Crippen LogP contribution in [0.15, 0.2) is 72.9 Å². The number of carbonyl (C=O) groups is 2. The monoisotopic (exact) mass is 453 g/mol. The lowest BCUT2D eigenvalue weighted by Gasteiger charge is -2.20. The van der Waals surface area contributed by atoms with Crippen LogP contribution in [-0.2, 0) is 17.9 Å². The van der Waals surface area contributed by atoms with Gasteiger partial charge in [-0.1, -0.05) is 42.5 Å². The second-order valence-corrected chi connectivity index (χ2v) is 8.78. The first-order valence-corrected chi connectivity index (χ1v) is 11.6. The van der Waals surface area contributed by atoms with E-state index in [-0.39, 0.29) is 6.61 Å². The van der Waals surface area contributed by atoms with Gasteiger partial charge in [0.1, 0.15) is 0 Å². The molecule has 0 unspecified atom stereocenters. The number of carbonyl (C=O) groups excluding carboxylic acids is 2. The molecule has 0 aliphatic carbocycles. The van der Waals surface area contributed by atoms with E-state index >= 15 is 0 Å². The van der Waals surface area contributed by atoms with Crippen molar-refractivity contribution in [3.63, 3.8) is 0 Å². The van der Waals surface area contributed by atoms with Crippen molar-refractivity contribution < 1.29 is 14.7 Å². The Morgan fingerprint density at radius 3 is 2.21 bits per heavy atom. The maximum atomic E-state index is 12.7. The molecule has 2 aliphatic heterocycles. The van der Waals surface area contributed by atoms with Gasteiger partial charge in [0, 0.05) is 29.6 Å². The highest BCUT2D eigenvalue weighted by atomic mass is 16.3. The number of anilines is 1. The van der Waals surface area contributed by atoms with E-state index in [4.69, 9.17) is 0 Å². The van der Waals surface area contributed by atoms with E-state index in [0.717, 1.165) is 42.0 Å². The molecule has 2 heterocycles. The van der Waals surface area contributed by atoms with Crippen molar-refractivity contribution in [2.24, 2.45) is 0 Å². The normalized spacial score (nSPS) is 17.0. The Hall–Kier alpha value is -3.74. The number of likely N-dealkylation sites (tertiary alicyclic amines) is 1. The lowest BCUT2D eigenvalue weighted by molar-refractivity contribution is -0.114. The maximum Gasteiger partial charge on any atom is 0.260 e. The predicted molar refractivity (Wildman–Crippen MR) is 133 cm³/mol. The molecule has 2 amide bonds. The van der Waals surface area contributed by atoms with Crippen LogP contribution in [0, 0.1) is 0 Å². The number of benzene rings is 3. The fourth-order valence-corrected chi connectivity index (χ4v) is 4.51. The first-order valence-electron chi connectivity index (χ1n) is 11.6. The Morgan fingerprint density at radius 2 is 1.50 bits per heavy atom. The summed E-state index contributed by atoms with van der Waals surface area (Å²) in [5, 5.41) is 14.9. The topological polar surface area (TPSA) is 81.7 Å². The molecule has 0 radical (unpaired) electrons. The van der Waals surface area contributed by atoms with Crippen molar-refractivity contribution in [3.05, 3.63) is 95.2 Å². The number of aliphatic hydroxyl groups is 1. The van der Waals surface area contributed by atoms with Crippen LogP contribution in [0.2, 0.25) is 0 Å². The molecule has 3 aromatic rings. The summed E-state index contributed by atoms with van der Waals surface area (Å²) >= 11 is 0. The molecule has 34 heavy (non-hydrogen) atoms. The molecule has 0 spiro atoms. The van der Waals surface area contributed by atoms with Gasteiger partial charge in [-0.3, -0.25) is 19.8 Å². The van der Waals surface area contributed by atoms with Gasteiger partial charge < -0.3 is 10.4 Å². The summed E-state index contributed by atoms with van der Waals surface area (Å²) < 4.78 is 0. The molecule has 6 heteroatoms. The molecule has 172 valence electrons. The lowest BCUT2D eigenvalue weighted by Crippen LogP contribution is -2.36. The number of hydrogen-bond acceptors (Lipinski definition) is 5. The second-order valence-electron chi connectivity index (χ2n) is 8.78. The second kappa shape index (κ2) is 9.63. The number of rotatable bonds is 6. The van der Waals surface area contributed by atoms with Gasteiger partial charge in [0.05, 0.1) is 12.2 Å². The van der Waals surface area contributed by atoms with E-state index in [1.54, 1.807) is 12.3 Å². The van der Waals surface area contributed by atoms with Crippen molar-refractivity contribution in [1.29, 1.82) is 0 Å². The predicted octanol–water partition coefficient (Wildman–Crippen LogP) is 4.16.